The van der Waals surface area contributed by atoms with Crippen molar-refractivity contribution >= 4 is 24.1 Å². The number of benzene rings is 1. The van der Waals surface area contributed by atoms with Crippen LogP contribution in [0.25, 0.3) is 0 Å². The predicted octanol–water partition coefficient (Wildman–Crippen LogP) is 2.17. The number of carbonyl (C=O) groups excluding carboxylic acids is 2. The van der Waals surface area contributed by atoms with Crippen LogP contribution in [-0.4, -0.2) is 42.8 Å². The average Bonchev–Trinajstić information content (AvgIpc) is 2.76. The molecule has 1 aromatic rings. The number of amides is 1. The molecule has 0 radical (unpaired) electrons. The Labute approximate surface area is 134 Å². The van der Waals surface area contributed by atoms with Gasteiger partial charge in [-0.1, -0.05) is 0 Å². The fraction of sp³-hybridized carbons (Fsp3) is 0.467. The quantitative estimate of drug-likeness (QED) is 0.860. The third-order valence-electron chi connectivity index (χ3n) is 3.50. The summed E-state index contributed by atoms with van der Waals surface area (Å²) in [5, 5.41) is 3.20. The summed E-state index contributed by atoms with van der Waals surface area (Å²) in [5.41, 5.74) is 0.0965. The van der Waals surface area contributed by atoms with Gasteiger partial charge >= 0.3 is 0 Å². The molecule has 1 saturated heterocycles. The van der Waals surface area contributed by atoms with Crippen molar-refractivity contribution in [3.8, 4) is 0 Å². The molecule has 0 atom stereocenters. The zero-order valence-electron chi connectivity index (χ0n) is 12.1. The smallest absolute Gasteiger partial charge is 0.223 e. The summed E-state index contributed by atoms with van der Waals surface area (Å²) < 4.78 is 25.9. The van der Waals surface area contributed by atoms with Gasteiger partial charge in [0.2, 0.25) is 5.91 Å². The molecule has 1 N–H and O–H groups in total. The van der Waals surface area contributed by atoms with Crippen LogP contribution in [0.15, 0.2) is 18.2 Å². The first-order valence-corrected chi connectivity index (χ1v) is 7.04. The maximum absolute atomic E-state index is 13.1. The first-order chi connectivity index (χ1) is 10.1. The number of nitrogens with zero attached hydrogens (tertiary/aromatic N) is 1. The van der Waals surface area contributed by atoms with E-state index >= 15 is 0 Å². The summed E-state index contributed by atoms with van der Waals surface area (Å²) >= 11 is 0. The monoisotopic (exact) mass is 332 g/mol. The van der Waals surface area contributed by atoms with E-state index in [-0.39, 0.29) is 42.5 Å². The van der Waals surface area contributed by atoms with Gasteiger partial charge in [0.1, 0.15) is 0 Å². The highest BCUT2D eigenvalue weighted by Gasteiger charge is 2.17. The predicted molar refractivity (Wildman–Crippen MR) is 81.2 cm³/mol. The summed E-state index contributed by atoms with van der Waals surface area (Å²) in [6.45, 7) is 2.96. The van der Waals surface area contributed by atoms with E-state index in [9.17, 15) is 18.4 Å². The summed E-state index contributed by atoms with van der Waals surface area (Å²) in [6.07, 6.45) is 0.995. The molecule has 0 saturated carbocycles. The van der Waals surface area contributed by atoms with Gasteiger partial charge in [-0.25, -0.2) is 8.78 Å². The molecule has 1 aliphatic rings. The molecule has 1 aromatic carbocycles. The molecular formula is C15H19ClF2N2O2. The minimum Gasteiger partial charge on any atom is -0.341 e. The number of rotatable bonds is 4. The minimum atomic E-state index is -1.05. The molecule has 1 aliphatic heterocycles. The number of hydrogen-bond donors (Lipinski definition) is 1. The number of Topliss-reactive ketones (excluding diaryl/α,β-unsaturated/α-hetero) is 1. The lowest BCUT2D eigenvalue weighted by Gasteiger charge is -2.19. The van der Waals surface area contributed by atoms with E-state index in [1.54, 1.807) is 4.90 Å². The highest BCUT2D eigenvalue weighted by atomic mass is 35.5. The van der Waals surface area contributed by atoms with E-state index in [1.165, 1.54) is 6.07 Å². The second-order valence-electron chi connectivity index (χ2n) is 5.04. The van der Waals surface area contributed by atoms with Crippen molar-refractivity contribution in [2.45, 2.75) is 19.3 Å². The van der Waals surface area contributed by atoms with Crippen LogP contribution < -0.4 is 5.32 Å². The Kier molecular flexibility index (Phi) is 7.41. The molecule has 122 valence electrons. The SMILES string of the molecule is Cl.O=C(CCC(=O)N1CCCNCC1)c1ccc(F)c(F)c1. The molecular weight excluding hydrogens is 314 g/mol. The average molecular weight is 333 g/mol. The fourth-order valence-corrected chi connectivity index (χ4v) is 2.29. The molecule has 4 nitrogen and oxygen atoms in total. The zero-order valence-corrected chi connectivity index (χ0v) is 12.9. The van der Waals surface area contributed by atoms with Gasteiger partial charge in [0.15, 0.2) is 17.4 Å². The van der Waals surface area contributed by atoms with E-state index in [1.807, 2.05) is 0 Å². The molecule has 2 rings (SSSR count). The van der Waals surface area contributed by atoms with E-state index in [2.05, 4.69) is 5.32 Å². The first kappa shape index (κ1) is 18.5. The van der Waals surface area contributed by atoms with Crippen LogP contribution in [0.3, 0.4) is 0 Å². The molecule has 0 aliphatic carbocycles. The number of halogens is 3. The van der Waals surface area contributed by atoms with E-state index in [0.29, 0.717) is 13.1 Å². The lowest BCUT2D eigenvalue weighted by Crippen LogP contribution is -2.34. The van der Waals surface area contributed by atoms with E-state index < -0.39 is 11.6 Å². The van der Waals surface area contributed by atoms with Crippen LogP contribution in [-0.2, 0) is 4.79 Å². The lowest BCUT2D eigenvalue weighted by atomic mass is 10.1. The van der Waals surface area contributed by atoms with Crippen molar-refractivity contribution in [1.29, 1.82) is 0 Å². The van der Waals surface area contributed by atoms with Crippen molar-refractivity contribution in [1.82, 2.24) is 10.2 Å². The first-order valence-electron chi connectivity index (χ1n) is 7.04. The highest BCUT2D eigenvalue weighted by Crippen LogP contribution is 2.12. The normalized spacial score (nSPS) is 14.9. The summed E-state index contributed by atoms with van der Waals surface area (Å²) in [5.74, 6) is -2.46. The fourth-order valence-electron chi connectivity index (χ4n) is 2.29. The van der Waals surface area contributed by atoms with Crippen LogP contribution in [0.4, 0.5) is 8.78 Å². The van der Waals surface area contributed by atoms with Crippen LogP contribution >= 0.6 is 12.4 Å². The summed E-state index contributed by atoms with van der Waals surface area (Å²) in [6, 6.07) is 3.03. The maximum atomic E-state index is 13.1. The Morgan fingerprint density at radius 3 is 2.59 bits per heavy atom. The third-order valence-corrected chi connectivity index (χ3v) is 3.50. The Morgan fingerprint density at radius 2 is 1.86 bits per heavy atom. The van der Waals surface area contributed by atoms with Crippen molar-refractivity contribution in [3.05, 3.63) is 35.4 Å². The maximum Gasteiger partial charge on any atom is 0.223 e. The highest BCUT2D eigenvalue weighted by molar-refractivity contribution is 5.97. The number of hydrogen-bond acceptors (Lipinski definition) is 3. The van der Waals surface area contributed by atoms with E-state index in [4.69, 9.17) is 0 Å². The molecule has 0 aromatic heterocycles. The van der Waals surface area contributed by atoms with Crippen molar-refractivity contribution < 1.29 is 18.4 Å². The van der Waals surface area contributed by atoms with Gasteiger partial charge in [0.25, 0.3) is 0 Å². The van der Waals surface area contributed by atoms with Crippen molar-refractivity contribution in [2.75, 3.05) is 26.2 Å². The van der Waals surface area contributed by atoms with Gasteiger partial charge in [-0.2, -0.15) is 0 Å². The second kappa shape index (κ2) is 8.80. The van der Waals surface area contributed by atoms with Crippen LogP contribution in [0.1, 0.15) is 29.6 Å². The number of nitrogens with one attached hydrogen (secondary N) is 1. The van der Waals surface area contributed by atoms with Gasteiger partial charge in [-0.05, 0) is 31.2 Å². The Morgan fingerprint density at radius 1 is 1.09 bits per heavy atom. The van der Waals surface area contributed by atoms with Gasteiger partial charge in [0, 0.05) is 38.0 Å². The van der Waals surface area contributed by atoms with Gasteiger partial charge in [-0.15, -0.1) is 12.4 Å². The minimum absolute atomic E-state index is 0. The molecule has 1 fully saturated rings. The molecule has 0 spiro atoms. The standard InChI is InChI=1S/C15H18F2N2O2.ClH/c16-12-3-2-11(10-13(12)17)14(20)4-5-15(21)19-8-1-6-18-7-9-19;/h2-3,10,18H,1,4-9H2;1H. The van der Waals surface area contributed by atoms with Crippen molar-refractivity contribution in [2.24, 2.45) is 0 Å². The zero-order chi connectivity index (χ0) is 15.2. The van der Waals surface area contributed by atoms with Gasteiger partial charge < -0.3 is 10.2 Å². The van der Waals surface area contributed by atoms with E-state index in [0.717, 1.165) is 31.6 Å². The lowest BCUT2D eigenvalue weighted by molar-refractivity contribution is -0.130. The van der Waals surface area contributed by atoms with Gasteiger partial charge in [-0.3, -0.25) is 9.59 Å². The Balaban J connectivity index is 0.00000242. The molecule has 0 bridgehead atoms. The molecule has 22 heavy (non-hydrogen) atoms. The molecule has 1 amide bonds. The summed E-state index contributed by atoms with van der Waals surface area (Å²) in [7, 11) is 0. The Hall–Kier alpha value is -1.53. The van der Waals surface area contributed by atoms with Gasteiger partial charge in [0.05, 0.1) is 0 Å². The largest absolute Gasteiger partial charge is 0.341 e. The third kappa shape index (κ3) is 5.03. The van der Waals surface area contributed by atoms with Crippen LogP contribution in [0.2, 0.25) is 0 Å². The van der Waals surface area contributed by atoms with Crippen LogP contribution in [0, 0.1) is 11.6 Å². The topological polar surface area (TPSA) is 49.4 Å². The summed E-state index contributed by atoms with van der Waals surface area (Å²) in [4.78, 5) is 25.6. The number of ketones is 1. The molecule has 7 heteroatoms. The second-order valence-corrected chi connectivity index (χ2v) is 5.04. The number of carbonyl (C=O) groups is 2. The Bertz CT molecular complexity index is 532. The molecule has 0 unspecified atom stereocenters. The van der Waals surface area contributed by atoms with Crippen LogP contribution in [0.5, 0.6) is 0 Å². The molecule has 1 heterocycles. The van der Waals surface area contributed by atoms with Crippen molar-refractivity contribution in [3.63, 3.8) is 0 Å².